The second-order valence-electron chi connectivity index (χ2n) is 6.17. The quantitative estimate of drug-likeness (QED) is 0.850. The molecule has 1 N–H and O–H groups in total. The number of carbonyl (C=O) groups is 2. The van der Waals surface area contributed by atoms with E-state index in [2.05, 4.69) is 15.2 Å². The lowest BCUT2D eigenvalue weighted by atomic mass is 10.2. The average Bonchev–Trinajstić information content (AvgIpc) is 2.69. The molecule has 7 nitrogen and oxygen atoms in total. The number of pyridine rings is 1. The summed E-state index contributed by atoms with van der Waals surface area (Å²) < 4.78 is 4.89. The van der Waals surface area contributed by atoms with Gasteiger partial charge in [0, 0.05) is 43.9 Å². The first kappa shape index (κ1) is 19.1. The molecule has 0 bridgehead atoms. The maximum absolute atomic E-state index is 12.2. The smallest absolute Gasteiger partial charge is 0.255 e. The molecule has 0 saturated carbocycles. The van der Waals surface area contributed by atoms with Gasteiger partial charge in [-0.3, -0.25) is 9.59 Å². The third kappa shape index (κ3) is 4.96. The van der Waals surface area contributed by atoms with Crippen LogP contribution in [0.15, 0.2) is 42.6 Å². The molecular formula is C19H21ClN4O3. The van der Waals surface area contributed by atoms with Gasteiger partial charge in [-0.05, 0) is 36.4 Å². The van der Waals surface area contributed by atoms with Crippen LogP contribution in [-0.4, -0.2) is 61.6 Å². The molecule has 27 heavy (non-hydrogen) atoms. The van der Waals surface area contributed by atoms with Crippen molar-refractivity contribution in [3.63, 3.8) is 0 Å². The van der Waals surface area contributed by atoms with Crippen molar-refractivity contribution in [1.29, 1.82) is 0 Å². The van der Waals surface area contributed by atoms with Crippen molar-refractivity contribution >= 4 is 34.9 Å². The van der Waals surface area contributed by atoms with Crippen LogP contribution in [0.1, 0.15) is 10.4 Å². The van der Waals surface area contributed by atoms with Gasteiger partial charge in [0.15, 0.2) is 0 Å². The van der Waals surface area contributed by atoms with Crippen molar-refractivity contribution in [3.8, 4) is 0 Å². The van der Waals surface area contributed by atoms with Crippen LogP contribution in [0.25, 0.3) is 0 Å². The molecule has 1 aliphatic heterocycles. The largest absolute Gasteiger partial charge is 0.375 e. The Morgan fingerprint density at radius 3 is 2.41 bits per heavy atom. The predicted octanol–water partition coefficient (Wildman–Crippen LogP) is 2.28. The number of piperazine rings is 1. The minimum absolute atomic E-state index is 0.00497. The molecule has 0 unspecified atom stereocenters. The molecular weight excluding hydrogens is 368 g/mol. The summed E-state index contributed by atoms with van der Waals surface area (Å²) in [6.45, 7) is 2.80. The summed E-state index contributed by atoms with van der Waals surface area (Å²) in [6, 6.07) is 10.4. The molecule has 0 aliphatic carbocycles. The van der Waals surface area contributed by atoms with E-state index >= 15 is 0 Å². The van der Waals surface area contributed by atoms with E-state index in [0.717, 1.165) is 5.82 Å². The summed E-state index contributed by atoms with van der Waals surface area (Å²) in [5.74, 6) is 0.607. The highest BCUT2D eigenvalue weighted by atomic mass is 35.5. The number of hydrogen-bond donors (Lipinski definition) is 1. The molecule has 2 aromatic rings. The minimum Gasteiger partial charge on any atom is -0.375 e. The molecule has 2 heterocycles. The number of halogens is 1. The summed E-state index contributed by atoms with van der Waals surface area (Å²) in [6.07, 6.45) is 1.63. The third-order valence-corrected chi connectivity index (χ3v) is 4.59. The van der Waals surface area contributed by atoms with Gasteiger partial charge in [-0.1, -0.05) is 11.6 Å². The van der Waals surface area contributed by atoms with Crippen molar-refractivity contribution < 1.29 is 14.3 Å². The van der Waals surface area contributed by atoms with Crippen molar-refractivity contribution in [2.75, 3.05) is 50.1 Å². The zero-order valence-electron chi connectivity index (χ0n) is 15.0. The molecule has 1 aromatic heterocycles. The van der Waals surface area contributed by atoms with Crippen molar-refractivity contribution in [1.82, 2.24) is 9.88 Å². The lowest BCUT2D eigenvalue weighted by molar-refractivity contribution is -0.135. The zero-order chi connectivity index (χ0) is 19.2. The summed E-state index contributed by atoms with van der Waals surface area (Å²) in [7, 11) is 1.52. The minimum atomic E-state index is -0.216. The Bertz CT molecular complexity index is 788. The molecule has 3 rings (SSSR count). The summed E-state index contributed by atoms with van der Waals surface area (Å²) in [4.78, 5) is 32.4. The van der Waals surface area contributed by atoms with Gasteiger partial charge in [-0.25, -0.2) is 4.98 Å². The number of rotatable bonds is 5. The van der Waals surface area contributed by atoms with E-state index in [0.29, 0.717) is 42.5 Å². The highest BCUT2D eigenvalue weighted by Gasteiger charge is 2.21. The molecule has 1 aromatic carbocycles. The molecule has 0 spiro atoms. The molecule has 1 fully saturated rings. The number of nitrogens with one attached hydrogen (secondary N) is 1. The maximum atomic E-state index is 12.2. The fraction of sp³-hybridized carbons (Fsp3) is 0.316. The van der Waals surface area contributed by atoms with Crippen LogP contribution in [0.4, 0.5) is 11.5 Å². The molecule has 142 valence electrons. The van der Waals surface area contributed by atoms with Crippen LogP contribution in [0.5, 0.6) is 0 Å². The number of ether oxygens (including phenoxy) is 1. The van der Waals surface area contributed by atoms with Crippen LogP contribution in [0.2, 0.25) is 5.02 Å². The number of methoxy groups -OCH3 is 1. The SMILES string of the molecule is COCC(=O)N1CCN(c2ccc(NC(=O)c3ccc(Cl)cc3)cn2)CC1. The summed E-state index contributed by atoms with van der Waals surface area (Å²) in [5.41, 5.74) is 1.15. The summed E-state index contributed by atoms with van der Waals surface area (Å²) >= 11 is 5.84. The summed E-state index contributed by atoms with van der Waals surface area (Å²) in [5, 5.41) is 3.40. The highest BCUT2D eigenvalue weighted by Crippen LogP contribution is 2.17. The standard InChI is InChI=1S/C19H21ClN4O3/c1-27-13-18(25)24-10-8-23(9-11-24)17-7-6-16(12-21-17)22-19(26)14-2-4-15(20)5-3-14/h2-7,12H,8-11,13H2,1H3,(H,22,26). The number of aromatic nitrogens is 1. The van der Waals surface area contributed by atoms with Crippen LogP contribution in [-0.2, 0) is 9.53 Å². The van der Waals surface area contributed by atoms with E-state index in [1.807, 2.05) is 12.1 Å². The van der Waals surface area contributed by atoms with Crippen molar-refractivity contribution in [2.24, 2.45) is 0 Å². The van der Waals surface area contributed by atoms with Gasteiger partial charge in [0.25, 0.3) is 5.91 Å². The number of carbonyl (C=O) groups excluding carboxylic acids is 2. The molecule has 1 saturated heterocycles. The van der Waals surface area contributed by atoms with Gasteiger partial charge >= 0.3 is 0 Å². The first-order chi connectivity index (χ1) is 13.1. The second kappa shape index (κ2) is 8.83. The Morgan fingerprint density at radius 1 is 1.11 bits per heavy atom. The van der Waals surface area contributed by atoms with Gasteiger partial charge in [0.05, 0.1) is 11.9 Å². The number of amides is 2. The lowest BCUT2D eigenvalue weighted by Gasteiger charge is -2.35. The Balaban J connectivity index is 1.55. The topological polar surface area (TPSA) is 74.8 Å². The van der Waals surface area contributed by atoms with Crippen molar-refractivity contribution in [3.05, 3.63) is 53.2 Å². The first-order valence-corrected chi connectivity index (χ1v) is 8.99. The van der Waals surface area contributed by atoms with Gasteiger partial charge in [-0.2, -0.15) is 0 Å². The fourth-order valence-electron chi connectivity index (χ4n) is 2.85. The molecule has 0 atom stereocenters. The second-order valence-corrected chi connectivity index (χ2v) is 6.60. The number of benzene rings is 1. The molecule has 2 amide bonds. The van der Waals surface area contributed by atoms with E-state index < -0.39 is 0 Å². The maximum Gasteiger partial charge on any atom is 0.255 e. The average molecular weight is 389 g/mol. The van der Waals surface area contributed by atoms with E-state index in [-0.39, 0.29) is 18.4 Å². The van der Waals surface area contributed by atoms with Gasteiger partial charge in [0.1, 0.15) is 12.4 Å². The molecule has 0 radical (unpaired) electrons. The van der Waals surface area contributed by atoms with Gasteiger partial charge in [-0.15, -0.1) is 0 Å². The Hall–Kier alpha value is -2.64. The van der Waals surface area contributed by atoms with Gasteiger partial charge < -0.3 is 19.9 Å². The Labute approximate surface area is 162 Å². The number of anilines is 2. The van der Waals surface area contributed by atoms with E-state index in [1.54, 1.807) is 35.4 Å². The predicted molar refractivity (Wildman–Crippen MR) is 104 cm³/mol. The van der Waals surface area contributed by atoms with E-state index in [9.17, 15) is 9.59 Å². The van der Waals surface area contributed by atoms with E-state index in [4.69, 9.17) is 16.3 Å². The van der Waals surface area contributed by atoms with Gasteiger partial charge in [0.2, 0.25) is 5.91 Å². The van der Waals surface area contributed by atoms with E-state index in [1.165, 1.54) is 7.11 Å². The normalized spacial score (nSPS) is 14.1. The zero-order valence-corrected chi connectivity index (χ0v) is 15.8. The fourth-order valence-corrected chi connectivity index (χ4v) is 2.98. The van der Waals surface area contributed by atoms with Crippen LogP contribution in [0.3, 0.4) is 0 Å². The Kier molecular flexibility index (Phi) is 6.26. The number of nitrogens with zero attached hydrogens (tertiary/aromatic N) is 3. The highest BCUT2D eigenvalue weighted by molar-refractivity contribution is 6.30. The monoisotopic (exact) mass is 388 g/mol. The van der Waals surface area contributed by atoms with Crippen molar-refractivity contribution in [2.45, 2.75) is 0 Å². The van der Waals surface area contributed by atoms with Crippen LogP contribution < -0.4 is 10.2 Å². The molecule has 8 heteroatoms. The Morgan fingerprint density at radius 2 is 1.81 bits per heavy atom. The van der Waals surface area contributed by atoms with Crippen LogP contribution in [0, 0.1) is 0 Å². The first-order valence-electron chi connectivity index (χ1n) is 8.61. The molecule has 1 aliphatic rings. The third-order valence-electron chi connectivity index (χ3n) is 4.34. The van der Waals surface area contributed by atoms with Crippen LogP contribution >= 0.6 is 11.6 Å². The number of hydrogen-bond acceptors (Lipinski definition) is 5. The lowest BCUT2D eigenvalue weighted by Crippen LogP contribution is -2.49.